The summed E-state index contributed by atoms with van der Waals surface area (Å²) >= 11 is 0. The Balaban J connectivity index is 0.000000216. The second kappa shape index (κ2) is 21.5. The fraction of sp³-hybridized carbons (Fsp3) is 0.346. The summed E-state index contributed by atoms with van der Waals surface area (Å²) in [6, 6.07) is 19.1. The summed E-state index contributed by atoms with van der Waals surface area (Å²) in [5.41, 5.74) is 8.24. The van der Waals surface area contributed by atoms with Gasteiger partial charge in [0.1, 0.15) is 34.2 Å². The van der Waals surface area contributed by atoms with E-state index >= 15 is 0 Å². The fourth-order valence-electron chi connectivity index (χ4n) is 8.51. The van der Waals surface area contributed by atoms with E-state index in [0.29, 0.717) is 72.1 Å². The maximum Gasteiger partial charge on any atom is 0.410 e. The number of carbonyl (C=O) groups is 6. The van der Waals surface area contributed by atoms with Crippen LogP contribution in [0.1, 0.15) is 144 Å². The third-order valence-electron chi connectivity index (χ3n) is 11.8. The largest absolute Gasteiger partial charge is 0.476 e. The standard InChI is InChI=1S/C26H31N7O4.C26H30N6O5/c1-15-11-12-29-19(14-15)30-24(35)17-9-7-16(8-10-17)20-21(22(27)34)33(28)23(31-20)18-6-5-13-32(18)25(36)37-26(2,3)4;1-15-11-12-28-19(14-15)29-23(33)17-9-7-16(8-10-17)20-21(24(34)35)32(27)22(30-20)18-6-5-13-31(18)25(36)37-26(2,3)4/h7-12,14,18H,5-6,13,28H2,1-4H3,(H2,27,34)(H,29,30,35);7-12,14,18H,5-6,13,27H2,1-4H3,(H,34,35)(H,28,29,33)/t2*18-/m00/s1. The van der Waals surface area contributed by atoms with Gasteiger partial charge in [-0.05, 0) is 141 Å². The van der Waals surface area contributed by atoms with Gasteiger partial charge in [-0.25, -0.2) is 43.7 Å². The highest BCUT2D eigenvalue weighted by molar-refractivity contribution is 6.05. The topological polar surface area (TPSA) is 311 Å². The van der Waals surface area contributed by atoms with E-state index in [0.717, 1.165) is 26.9 Å². The molecule has 2 atom stereocenters. The second-order valence-electron chi connectivity index (χ2n) is 19.9. The minimum Gasteiger partial charge on any atom is -0.476 e. The summed E-state index contributed by atoms with van der Waals surface area (Å²) in [6.07, 6.45) is 4.86. The molecule has 5 amide bonds. The molecule has 8 rings (SSSR count). The van der Waals surface area contributed by atoms with Crippen LogP contribution in [0.25, 0.3) is 22.5 Å². The molecule has 388 valence electrons. The molecule has 6 heterocycles. The smallest absolute Gasteiger partial charge is 0.410 e. The van der Waals surface area contributed by atoms with Crippen molar-refractivity contribution in [2.75, 3.05) is 35.4 Å². The third kappa shape index (κ3) is 12.3. The number of nitrogens with one attached hydrogen (secondary N) is 2. The summed E-state index contributed by atoms with van der Waals surface area (Å²) in [5, 5.41) is 15.4. The Morgan fingerprint density at radius 2 is 0.986 bits per heavy atom. The number of nitrogens with zero attached hydrogens (tertiary/aromatic N) is 8. The predicted molar refractivity (Wildman–Crippen MR) is 275 cm³/mol. The lowest BCUT2D eigenvalue weighted by molar-refractivity contribution is 0.0206. The average Bonchev–Trinajstić information content (AvgIpc) is 4.14. The van der Waals surface area contributed by atoms with Crippen LogP contribution >= 0.6 is 0 Å². The summed E-state index contributed by atoms with van der Waals surface area (Å²) in [5.74, 6) is 11.3. The molecule has 2 aliphatic heterocycles. The second-order valence-corrected chi connectivity index (χ2v) is 19.9. The Morgan fingerprint density at radius 3 is 1.34 bits per heavy atom. The monoisotopic (exact) mass is 1010 g/mol. The number of aromatic nitrogens is 6. The minimum atomic E-state index is -1.26. The van der Waals surface area contributed by atoms with E-state index in [9.17, 15) is 33.9 Å². The van der Waals surface area contributed by atoms with E-state index in [1.807, 2.05) is 26.0 Å². The van der Waals surface area contributed by atoms with Crippen molar-refractivity contribution in [2.24, 2.45) is 5.73 Å². The zero-order valence-electron chi connectivity index (χ0n) is 42.5. The molecule has 9 N–H and O–H groups in total. The molecule has 4 aromatic heterocycles. The van der Waals surface area contributed by atoms with E-state index in [1.165, 1.54) is 4.90 Å². The highest BCUT2D eigenvalue weighted by Crippen LogP contribution is 2.37. The van der Waals surface area contributed by atoms with Crippen molar-refractivity contribution in [1.82, 2.24) is 39.1 Å². The van der Waals surface area contributed by atoms with Gasteiger partial charge in [0.2, 0.25) is 0 Å². The molecule has 2 aliphatic rings. The molecule has 2 saturated heterocycles. The number of hydrogen-bond donors (Lipinski definition) is 6. The van der Waals surface area contributed by atoms with E-state index < -0.39 is 47.3 Å². The van der Waals surface area contributed by atoms with E-state index in [1.54, 1.807) is 119 Å². The van der Waals surface area contributed by atoms with Gasteiger partial charge < -0.3 is 42.6 Å². The van der Waals surface area contributed by atoms with E-state index in [4.69, 9.17) is 26.9 Å². The van der Waals surface area contributed by atoms with Gasteiger partial charge in [0.05, 0.1) is 12.1 Å². The normalized spacial score (nSPS) is 15.5. The number of nitrogens with two attached hydrogens (primary N) is 3. The van der Waals surface area contributed by atoms with Crippen LogP contribution in [0.4, 0.5) is 21.2 Å². The average molecular weight is 1010 g/mol. The van der Waals surface area contributed by atoms with Gasteiger partial charge in [0, 0.05) is 47.7 Å². The SMILES string of the molecule is Cc1ccnc(NC(=O)c2ccc(-c3nc([C@@H]4CCCN4C(=O)OC(C)(C)C)n(N)c3C(=O)O)cc2)c1.Cc1ccnc(NC(=O)c2ccc(-c3nc([C@@H]4CCCN4C(=O)OC(C)(C)C)n(N)c3C(N)=O)cc2)c1. The number of imidazole rings is 2. The fourth-order valence-corrected chi connectivity index (χ4v) is 8.51. The molecule has 0 saturated carbocycles. The number of primary amides is 1. The van der Waals surface area contributed by atoms with Crippen LogP contribution in [0.3, 0.4) is 0 Å². The van der Waals surface area contributed by atoms with Gasteiger partial charge in [-0.1, -0.05) is 24.3 Å². The number of likely N-dealkylation sites (tertiary alicyclic amines) is 2. The lowest BCUT2D eigenvalue weighted by Gasteiger charge is -2.28. The number of nitrogen functional groups attached to an aromatic ring is 2. The molecule has 0 aliphatic carbocycles. The molecule has 0 bridgehead atoms. The van der Waals surface area contributed by atoms with Crippen molar-refractivity contribution in [2.45, 2.75) is 104 Å². The molecule has 2 aromatic carbocycles. The molecule has 0 spiro atoms. The van der Waals surface area contributed by atoms with Crippen molar-refractivity contribution < 1.29 is 43.3 Å². The Hall–Kier alpha value is -8.82. The first-order valence-corrected chi connectivity index (χ1v) is 23.9. The summed E-state index contributed by atoms with van der Waals surface area (Å²) in [4.78, 5) is 95.9. The molecule has 2 fully saturated rings. The number of amides is 5. The minimum absolute atomic E-state index is 0.00667. The zero-order chi connectivity index (χ0) is 53.8. The lowest BCUT2D eigenvalue weighted by Crippen LogP contribution is -2.38. The van der Waals surface area contributed by atoms with Crippen LogP contribution in [-0.2, 0) is 9.47 Å². The van der Waals surface area contributed by atoms with E-state index in [2.05, 4.69) is 30.6 Å². The summed E-state index contributed by atoms with van der Waals surface area (Å²) < 4.78 is 13.2. The number of aryl methyl sites for hydroxylation is 2. The Labute approximate surface area is 427 Å². The first-order chi connectivity index (χ1) is 34.9. The number of pyridine rings is 2. The van der Waals surface area contributed by atoms with Crippen molar-refractivity contribution in [1.29, 1.82) is 0 Å². The van der Waals surface area contributed by atoms with Crippen LogP contribution in [0.2, 0.25) is 0 Å². The maximum atomic E-state index is 12.8. The maximum absolute atomic E-state index is 12.8. The van der Waals surface area contributed by atoms with E-state index in [-0.39, 0.29) is 40.4 Å². The molecular formula is C52H61N13O9. The van der Waals surface area contributed by atoms with Crippen molar-refractivity contribution in [3.63, 3.8) is 0 Å². The lowest BCUT2D eigenvalue weighted by atomic mass is 10.1. The van der Waals surface area contributed by atoms with Crippen LogP contribution in [0.15, 0.2) is 85.2 Å². The van der Waals surface area contributed by atoms with Crippen molar-refractivity contribution in [3.8, 4) is 22.5 Å². The predicted octanol–water partition coefficient (Wildman–Crippen LogP) is 7.38. The number of rotatable bonds is 10. The number of anilines is 2. The Bertz CT molecular complexity index is 2890. The van der Waals surface area contributed by atoms with Crippen LogP contribution in [0, 0.1) is 13.8 Å². The third-order valence-corrected chi connectivity index (χ3v) is 11.8. The molecule has 74 heavy (non-hydrogen) atoms. The van der Waals surface area contributed by atoms with Crippen LogP contribution in [0.5, 0.6) is 0 Å². The highest BCUT2D eigenvalue weighted by Gasteiger charge is 2.39. The number of carbonyl (C=O) groups excluding carboxylic acids is 5. The first kappa shape index (κ1) is 53.0. The van der Waals surface area contributed by atoms with Gasteiger partial charge in [0.15, 0.2) is 23.0 Å². The van der Waals surface area contributed by atoms with Crippen molar-refractivity contribution >= 4 is 47.5 Å². The van der Waals surface area contributed by atoms with Gasteiger partial charge in [-0.2, -0.15) is 0 Å². The van der Waals surface area contributed by atoms with Crippen LogP contribution in [-0.4, -0.2) is 104 Å². The number of benzene rings is 2. The molecular weight excluding hydrogens is 951 g/mol. The van der Waals surface area contributed by atoms with Gasteiger partial charge >= 0.3 is 18.2 Å². The zero-order valence-corrected chi connectivity index (χ0v) is 42.5. The number of carboxylic acids is 1. The Morgan fingerprint density at radius 1 is 0.608 bits per heavy atom. The molecule has 0 unspecified atom stereocenters. The number of aromatic carboxylic acids is 1. The van der Waals surface area contributed by atoms with Gasteiger partial charge in [0.25, 0.3) is 17.7 Å². The van der Waals surface area contributed by atoms with Gasteiger partial charge in [-0.3, -0.25) is 24.2 Å². The molecule has 22 heteroatoms. The number of hydrogen-bond acceptors (Lipinski definition) is 14. The van der Waals surface area contributed by atoms with Crippen molar-refractivity contribution in [3.05, 3.63) is 130 Å². The highest BCUT2D eigenvalue weighted by atomic mass is 16.6. The number of carboxylic acid groups (broad SMARTS) is 1. The molecule has 6 aromatic rings. The summed E-state index contributed by atoms with van der Waals surface area (Å²) in [7, 11) is 0. The molecule has 22 nitrogen and oxygen atoms in total. The summed E-state index contributed by atoms with van der Waals surface area (Å²) in [6.45, 7) is 15.5. The quantitative estimate of drug-likeness (QED) is 0.0729. The first-order valence-electron chi connectivity index (χ1n) is 23.9. The van der Waals surface area contributed by atoms with Gasteiger partial charge in [-0.15, -0.1) is 0 Å². The Kier molecular flexibility index (Phi) is 15.4. The number of ether oxygens (including phenoxy) is 2. The van der Waals surface area contributed by atoms with Crippen LogP contribution < -0.4 is 28.1 Å². The molecule has 0 radical (unpaired) electrons.